The second kappa shape index (κ2) is 14.7. The van der Waals surface area contributed by atoms with Crippen molar-refractivity contribution in [3.8, 4) is 90.1 Å². The molecule has 254 valence electrons. The summed E-state index contributed by atoms with van der Waals surface area (Å²) in [5.41, 5.74) is 14.7. The highest BCUT2D eigenvalue weighted by Gasteiger charge is 2.20. The standard InChI is InChI=1S/C49H33N5/c1-4-15-34(16-5-1)35-25-27-38(28-26-35)48-46(36-17-6-2-7-18-36)54-49(47(53-48)37-19-8-3-9-20-37)40-22-14-21-39(31-40)41-32-44(42-23-10-12-29-50-42)52-45(33-41)43-24-11-13-30-51-43/h1-33H. The van der Waals surface area contributed by atoms with E-state index in [1.165, 1.54) is 5.56 Å². The fraction of sp³-hybridized carbons (Fsp3) is 0. The van der Waals surface area contributed by atoms with Gasteiger partial charge in [-0.3, -0.25) is 9.97 Å². The van der Waals surface area contributed by atoms with Crippen molar-refractivity contribution in [1.82, 2.24) is 24.9 Å². The van der Waals surface area contributed by atoms with E-state index in [1.807, 2.05) is 78.9 Å². The third-order valence-electron chi connectivity index (χ3n) is 9.41. The lowest BCUT2D eigenvalue weighted by atomic mass is 9.96. The van der Waals surface area contributed by atoms with Crippen LogP contribution in [0.4, 0.5) is 0 Å². The molecule has 4 aromatic heterocycles. The second-order valence-corrected chi connectivity index (χ2v) is 12.9. The molecule has 0 aliphatic carbocycles. The highest BCUT2D eigenvalue weighted by Crippen LogP contribution is 2.39. The first-order valence-corrected chi connectivity index (χ1v) is 17.9. The Morgan fingerprint density at radius 3 is 1.11 bits per heavy atom. The number of rotatable bonds is 8. The van der Waals surface area contributed by atoms with Crippen LogP contribution in [0, 0.1) is 0 Å². The molecule has 0 N–H and O–H groups in total. The van der Waals surface area contributed by atoms with Gasteiger partial charge in [0.1, 0.15) is 0 Å². The lowest BCUT2D eigenvalue weighted by Gasteiger charge is -2.17. The molecule has 0 fully saturated rings. The molecule has 9 rings (SSSR count). The number of benzene rings is 5. The van der Waals surface area contributed by atoms with Crippen molar-refractivity contribution in [2.75, 3.05) is 0 Å². The third-order valence-corrected chi connectivity index (χ3v) is 9.41. The largest absolute Gasteiger partial charge is 0.255 e. The molecule has 0 atom stereocenters. The Kier molecular flexibility index (Phi) is 8.86. The molecule has 5 nitrogen and oxygen atoms in total. The van der Waals surface area contributed by atoms with Crippen LogP contribution in [0.5, 0.6) is 0 Å². The molecule has 5 aromatic carbocycles. The van der Waals surface area contributed by atoms with Gasteiger partial charge in [0.05, 0.1) is 45.6 Å². The number of pyridine rings is 3. The molecular formula is C49H33N5. The quantitative estimate of drug-likeness (QED) is 0.159. The van der Waals surface area contributed by atoms with Crippen molar-refractivity contribution in [2.24, 2.45) is 0 Å². The Morgan fingerprint density at radius 1 is 0.222 bits per heavy atom. The van der Waals surface area contributed by atoms with Crippen LogP contribution >= 0.6 is 0 Å². The number of nitrogens with zero attached hydrogens (tertiary/aromatic N) is 5. The van der Waals surface area contributed by atoms with E-state index in [4.69, 9.17) is 15.0 Å². The van der Waals surface area contributed by atoms with E-state index in [2.05, 4.69) is 119 Å². The smallest absolute Gasteiger partial charge is 0.0973 e. The van der Waals surface area contributed by atoms with Gasteiger partial charge in [0, 0.05) is 34.6 Å². The second-order valence-electron chi connectivity index (χ2n) is 12.9. The van der Waals surface area contributed by atoms with Crippen molar-refractivity contribution < 1.29 is 0 Å². The average molecular weight is 692 g/mol. The third kappa shape index (κ3) is 6.70. The van der Waals surface area contributed by atoms with Crippen molar-refractivity contribution in [2.45, 2.75) is 0 Å². The first kappa shape index (κ1) is 32.5. The Balaban J connectivity index is 1.23. The average Bonchev–Trinajstić information content (AvgIpc) is 3.27. The van der Waals surface area contributed by atoms with Gasteiger partial charge in [0.15, 0.2) is 0 Å². The van der Waals surface area contributed by atoms with Crippen LogP contribution in [0.2, 0.25) is 0 Å². The van der Waals surface area contributed by atoms with E-state index >= 15 is 0 Å². The monoisotopic (exact) mass is 691 g/mol. The molecule has 4 heterocycles. The van der Waals surface area contributed by atoms with Gasteiger partial charge in [-0.05, 0) is 64.7 Å². The highest BCUT2D eigenvalue weighted by molar-refractivity contribution is 5.88. The summed E-state index contributed by atoms with van der Waals surface area (Å²) < 4.78 is 0. The van der Waals surface area contributed by atoms with Gasteiger partial charge in [0.2, 0.25) is 0 Å². The van der Waals surface area contributed by atoms with Gasteiger partial charge in [-0.15, -0.1) is 0 Å². The molecular weight excluding hydrogens is 659 g/mol. The summed E-state index contributed by atoms with van der Waals surface area (Å²) in [6.45, 7) is 0. The Hall–Kier alpha value is -7.37. The predicted molar refractivity (Wildman–Crippen MR) is 219 cm³/mol. The van der Waals surface area contributed by atoms with E-state index in [-0.39, 0.29) is 0 Å². The van der Waals surface area contributed by atoms with Crippen molar-refractivity contribution in [3.63, 3.8) is 0 Å². The first-order valence-electron chi connectivity index (χ1n) is 17.9. The number of hydrogen-bond donors (Lipinski definition) is 0. The van der Waals surface area contributed by atoms with E-state index in [0.717, 1.165) is 84.5 Å². The molecule has 9 aromatic rings. The summed E-state index contributed by atoms with van der Waals surface area (Å²) in [6.07, 6.45) is 3.58. The Labute approximate surface area is 314 Å². The summed E-state index contributed by atoms with van der Waals surface area (Å²) in [5, 5.41) is 0. The van der Waals surface area contributed by atoms with E-state index < -0.39 is 0 Å². The zero-order valence-corrected chi connectivity index (χ0v) is 29.3. The number of hydrogen-bond acceptors (Lipinski definition) is 5. The van der Waals surface area contributed by atoms with Crippen LogP contribution in [0.25, 0.3) is 90.1 Å². The van der Waals surface area contributed by atoms with Gasteiger partial charge in [-0.1, -0.05) is 146 Å². The summed E-state index contributed by atoms with van der Waals surface area (Å²) in [7, 11) is 0. The topological polar surface area (TPSA) is 64.5 Å². The van der Waals surface area contributed by atoms with Crippen molar-refractivity contribution in [3.05, 3.63) is 200 Å². The molecule has 0 aliphatic rings. The lowest BCUT2D eigenvalue weighted by Crippen LogP contribution is -2.01. The Morgan fingerprint density at radius 2 is 0.611 bits per heavy atom. The number of aromatic nitrogens is 5. The van der Waals surface area contributed by atoms with Crippen LogP contribution in [-0.4, -0.2) is 24.9 Å². The van der Waals surface area contributed by atoms with Crippen molar-refractivity contribution in [1.29, 1.82) is 0 Å². The maximum atomic E-state index is 5.52. The molecule has 0 bridgehead atoms. The van der Waals surface area contributed by atoms with Crippen molar-refractivity contribution >= 4 is 0 Å². The predicted octanol–water partition coefficient (Wildman–Crippen LogP) is 12.0. The zero-order valence-electron chi connectivity index (χ0n) is 29.3. The lowest BCUT2D eigenvalue weighted by molar-refractivity contribution is 1.21. The summed E-state index contributed by atoms with van der Waals surface area (Å²) in [6, 6.07) is 64.1. The van der Waals surface area contributed by atoms with Crippen LogP contribution in [0.1, 0.15) is 0 Å². The minimum absolute atomic E-state index is 0.776. The maximum absolute atomic E-state index is 5.52. The summed E-state index contributed by atoms with van der Waals surface area (Å²) in [4.78, 5) is 25.2. The van der Waals surface area contributed by atoms with Gasteiger partial charge in [0.25, 0.3) is 0 Å². The summed E-state index contributed by atoms with van der Waals surface area (Å²) in [5.74, 6) is 0. The van der Waals surface area contributed by atoms with Crippen LogP contribution < -0.4 is 0 Å². The molecule has 0 unspecified atom stereocenters. The fourth-order valence-corrected chi connectivity index (χ4v) is 6.72. The van der Waals surface area contributed by atoms with Gasteiger partial charge >= 0.3 is 0 Å². The molecule has 0 saturated heterocycles. The fourth-order valence-electron chi connectivity index (χ4n) is 6.72. The molecule has 0 radical (unpaired) electrons. The van der Waals surface area contributed by atoms with Crippen LogP contribution in [0.15, 0.2) is 200 Å². The SMILES string of the molecule is c1ccc(-c2ccc(-c3nc(-c4ccccc4)c(-c4cccc(-c5cc(-c6ccccn6)nc(-c6ccccn6)c5)c4)nc3-c3ccccc3)cc2)cc1. The van der Waals surface area contributed by atoms with Gasteiger partial charge in [-0.2, -0.15) is 0 Å². The molecule has 0 aliphatic heterocycles. The van der Waals surface area contributed by atoms with Gasteiger partial charge < -0.3 is 0 Å². The van der Waals surface area contributed by atoms with E-state index in [0.29, 0.717) is 0 Å². The molecule has 0 saturated carbocycles. The zero-order chi connectivity index (χ0) is 36.1. The van der Waals surface area contributed by atoms with Gasteiger partial charge in [-0.25, -0.2) is 15.0 Å². The highest BCUT2D eigenvalue weighted by atomic mass is 14.9. The first-order chi connectivity index (χ1) is 26.8. The maximum Gasteiger partial charge on any atom is 0.0973 e. The molecule has 0 amide bonds. The minimum atomic E-state index is 0.776. The molecule has 0 spiro atoms. The van der Waals surface area contributed by atoms with E-state index in [1.54, 1.807) is 12.4 Å². The normalized spacial score (nSPS) is 11.0. The minimum Gasteiger partial charge on any atom is -0.255 e. The molecule has 5 heteroatoms. The molecule has 54 heavy (non-hydrogen) atoms. The van der Waals surface area contributed by atoms with Crippen LogP contribution in [0.3, 0.4) is 0 Å². The summed E-state index contributed by atoms with van der Waals surface area (Å²) >= 11 is 0. The van der Waals surface area contributed by atoms with Crippen LogP contribution in [-0.2, 0) is 0 Å². The Bertz CT molecular complexity index is 2610. The van der Waals surface area contributed by atoms with E-state index in [9.17, 15) is 0 Å².